The van der Waals surface area contributed by atoms with Crippen LogP contribution in [0.25, 0.3) is 22.2 Å². The predicted molar refractivity (Wildman–Crippen MR) is 122 cm³/mol. The lowest BCUT2D eigenvalue weighted by Gasteiger charge is -2.17. The number of anilines is 1. The molecule has 5 heteroatoms. The highest BCUT2D eigenvalue weighted by Crippen LogP contribution is 2.33. The van der Waals surface area contributed by atoms with Crippen LogP contribution < -0.4 is 10.1 Å². The molecule has 1 aromatic heterocycles. The molecule has 4 nitrogen and oxygen atoms in total. The number of halogens is 1. The maximum Gasteiger partial charge on any atom is 0.256 e. The Morgan fingerprint density at radius 2 is 1.65 bits per heavy atom. The molecule has 156 valence electrons. The van der Waals surface area contributed by atoms with Gasteiger partial charge in [0.05, 0.1) is 23.9 Å². The number of aromatic nitrogens is 1. The summed E-state index contributed by atoms with van der Waals surface area (Å²) in [7, 11) is 1.62. The molecule has 1 heterocycles. The Bertz CT molecular complexity index is 1280. The number of hydrogen-bond donors (Lipinski definition) is 1. The predicted octanol–water partition coefficient (Wildman–Crippen LogP) is 6.23. The fraction of sp³-hybridized carbons (Fsp3) is 0.154. The largest absolute Gasteiger partial charge is 0.497 e. The van der Waals surface area contributed by atoms with Crippen LogP contribution in [0.3, 0.4) is 0 Å². The van der Waals surface area contributed by atoms with Gasteiger partial charge in [-0.25, -0.2) is 9.37 Å². The van der Waals surface area contributed by atoms with Crippen LogP contribution in [-0.2, 0) is 0 Å². The molecule has 0 saturated carbocycles. The third kappa shape index (κ3) is 3.99. The van der Waals surface area contributed by atoms with Gasteiger partial charge in [0.25, 0.3) is 5.91 Å². The molecule has 0 spiro atoms. The molecule has 3 aromatic carbocycles. The minimum Gasteiger partial charge on any atom is -0.497 e. The molecule has 0 radical (unpaired) electrons. The Morgan fingerprint density at radius 3 is 2.29 bits per heavy atom. The fourth-order valence-corrected chi connectivity index (χ4v) is 3.86. The smallest absolute Gasteiger partial charge is 0.256 e. The number of nitrogens with one attached hydrogen (secondary N) is 1. The minimum absolute atomic E-state index is 0.253. The number of aryl methyl sites for hydroxylation is 2. The number of nitrogens with zero attached hydrogens (tertiary/aromatic N) is 1. The van der Waals surface area contributed by atoms with Gasteiger partial charge in [-0.15, -0.1) is 0 Å². The first-order valence-corrected chi connectivity index (χ1v) is 10.0. The summed E-state index contributed by atoms with van der Waals surface area (Å²) >= 11 is 0. The normalized spacial score (nSPS) is 10.9. The summed E-state index contributed by atoms with van der Waals surface area (Å²) in [6.07, 6.45) is 0. The number of hydrogen-bond acceptors (Lipinski definition) is 3. The number of fused-ring (bicyclic) bond motifs is 1. The van der Waals surface area contributed by atoms with E-state index in [0.717, 1.165) is 44.6 Å². The monoisotopic (exact) mass is 414 g/mol. The number of pyridine rings is 1. The highest BCUT2D eigenvalue weighted by atomic mass is 19.1. The maximum absolute atomic E-state index is 13.4. The SMILES string of the molecule is COc1ccc(-c2nc3c(C)cc(C)cc3c(C(=O)Nc3ccc(F)cc3)c2C)cc1. The molecule has 0 aliphatic carbocycles. The Balaban J connectivity index is 1.91. The van der Waals surface area contributed by atoms with E-state index in [2.05, 4.69) is 11.4 Å². The lowest BCUT2D eigenvalue weighted by Crippen LogP contribution is -2.15. The molecule has 0 atom stereocenters. The summed E-state index contributed by atoms with van der Waals surface area (Å²) in [6, 6.07) is 17.4. The molecule has 31 heavy (non-hydrogen) atoms. The van der Waals surface area contributed by atoms with Crippen molar-refractivity contribution in [1.82, 2.24) is 4.98 Å². The number of amides is 1. The van der Waals surface area contributed by atoms with Gasteiger partial charge in [-0.1, -0.05) is 11.6 Å². The van der Waals surface area contributed by atoms with E-state index in [1.54, 1.807) is 19.2 Å². The van der Waals surface area contributed by atoms with Crippen molar-refractivity contribution in [3.8, 4) is 17.0 Å². The molecule has 0 aliphatic rings. The molecular formula is C26H23FN2O2. The van der Waals surface area contributed by atoms with Crippen molar-refractivity contribution in [2.75, 3.05) is 12.4 Å². The van der Waals surface area contributed by atoms with Gasteiger partial charge in [0.1, 0.15) is 11.6 Å². The number of ether oxygens (including phenoxy) is 1. The van der Waals surface area contributed by atoms with E-state index in [1.807, 2.05) is 51.1 Å². The fourth-order valence-electron chi connectivity index (χ4n) is 3.86. The number of carbonyl (C=O) groups is 1. The Kier molecular flexibility index (Phi) is 5.42. The Morgan fingerprint density at radius 1 is 0.968 bits per heavy atom. The molecule has 0 aliphatic heterocycles. The van der Waals surface area contributed by atoms with Crippen LogP contribution in [0.4, 0.5) is 10.1 Å². The molecule has 4 rings (SSSR count). The second kappa shape index (κ2) is 8.19. The van der Waals surface area contributed by atoms with Crippen molar-refractivity contribution in [1.29, 1.82) is 0 Å². The van der Waals surface area contributed by atoms with E-state index in [9.17, 15) is 9.18 Å². The highest BCUT2D eigenvalue weighted by molar-refractivity contribution is 6.15. The van der Waals surface area contributed by atoms with Gasteiger partial charge in [-0.3, -0.25) is 4.79 Å². The number of benzene rings is 3. The third-order valence-corrected chi connectivity index (χ3v) is 5.36. The summed E-state index contributed by atoms with van der Waals surface area (Å²) in [5, 5.41) is 3.70. The molecule has 0 fully saturated rings. The minimum atomic E-state index is -0.350. The average molecular weight is 414 g/mol. The lowest BCUT2D eigenvalue weighted by atomic mass is 9.94. The lowest BCUT2D eigenvalue weighted by molar-refractivity contribution is 0.102. The topological polar surface area (TPSA) is 51.2 Å². The molecule has 0 saturated heterocycles. The van der Waals surface area contributed by atoms with Crippen molar-refractivity contribution in [2.45, 2.75) is 20.8 Å². The van der Waals surface area contributed by atoms with Crippen LogP contribution in [0, 0.1) is 26.6 Å². The summed E-state index contributed by atoms with van der Waals surface area (Å²) in [6.45, 7) is 5.90. The number of methoxy groups -OCH3 is 1. The highest BCUT2D eigenvalue weighted by Gasteiger charge is 2.20. The molecule has 0 bridgehead atoms. The van der Waals surface area contributed by atoms with Gasteiger partial charge in [-0.2, -0.15) is 0 Å². The Hall–Kier alpha value is -3.73. The molecule has 1 amide bonds. The van der Waals surface area contributed by atoms with Crippen molar-refractivity contribution < 1.29 is 13.9 Å². The van der Waals surface area contributed by atoms with Crippen LogP contribution in [0.2, 0.25) is 0 Å². The summed E-state index contributed by atoms with van der Waals surface area (Å²) in [4.78, 5) is 18.3. The Labute approximate surface area is 180 Å². The maximum atomic E-state index is 13.4. The van der Waals surface area contributed by atoms with Gasteiger partial charge >= 0.3 is 0 Å². The first-order chi connectivity index (χ1) is 14.9. The molecule has 0 unspecified atom stereocenters. The van der Waals surface area contributed by atoms with E-state index < -0.39 is 0 Å². The summed E-state index contributed by atoms with van der Waals surface area (Å²) in [5.41, 5.74) is 6.36. The zero-order valence-corrected chi connectivity index (χ0v) is 17.9. The van der Waals surface area contributed by atoms with Crippen LogP contribution in [0.5, 0.6) is 5.75 Å². The van der Waals surface area contributed by atoms with Crippen LogP contribution in [0.1, 0.15) is 27.0 Å². The second-order valence-electron chi connectivity index (χ2n) is 7.63. The molecular weight excluding hydrogens is 391 g/mol. The van der Waals surface area contributed by atoms with E-state index in [4.69, 9.17) is 9.72 Å². The standard InChI is InChI=1S/C26H23FN2O2/c1-15-13-16(2)24-22(14-15)23(26(30)28-20-9-7-19(27)8-10-20)17(3)25(29-24)18-5-11-21(31-4)12-6-18/h5-14H,1-4H3,(H,28,30). The number of carbonyl (C=O) groups excluding carboxylic acids is 1. The number of rotatable bonds is 4. The zero-order chi connectivity index (χ0) is 22.1. The molecule has 4 aromatic rings. The summed E-state index contributed by atoms with van der Waals surface area (Å²) < 4.78 is 18.5. The quantitative estimate of drug-likeness (QED) is 0.431. The van der Waals surface area contributed by atoms with Crippen LogP contribution >= 0.6 is 0 Å². The summed E-state index contributed by atoms with van der Waals surface area (Å²) in [5.74, 6) is 0.149. The van der Waals surface area contributed by atoms with Gasteiger partial charge in [-0.05, 0) is 86.5 Å². The van der Waals surface area contributed by atoms with E-state index in [1.165, 1.54) is 12.1 Å². The van der Waals surface area contributed by atoms with E-state index >= 15 is 0 Å². The average Bonchev–Trinajstić information content (AvgIpc) is 2.75. The van der Waals surface area contributed by atoms with Gasteiger partial charge in [0.15, 0.2) is 0 Å². The van der Waals surface area contributed by atoms with E-state index in [0.29, 0.717) is 11.3 Å². The van der Waals surface area contributed by atoms with Gasteiger partial charge in [0.2, 0.25) is 0 Å². The van der Waals surface area contributed by atoms with Crippen LogP contribution in [-0.4, -0.2) is 18.0 Å². The van der Waals surface area contributed by atoms with Crippen molar-refractivity contribution in [3.63, 3.8) is 0 Å². The molecule has 1 N–H and O–H groups in total. The van der Waals surface area contributed by atoms with Crippen molar-refractivity contribution in [3.05, 3.63) is 88.7 Å². The first kappa shape index (κ1) is 20.5. The third-order valence-electron chi connectivity index (χ3n) is 5.36. The van der Waals surface area contributed by atoms with Crippen LogP contribution in [0.15, 0.2) is 60.7 Å². The van der Waals surface area contributed by atoms with Gasteiger partial charge in [0, 0.05) is 16.6 Å². The zero-order valence-electron chi connectivity index (χ0n) is 17.9. The second-order valence-corrected chi connectivity index (χ2v) is 7.63. The van der Waals surface area contributed by atoms with E-state index in [-0.39, 0.29) is 11.7 Å². The van der Waals surface area contributed by atoms with Crippen molar-refractivity contribution >= 4 is 22.5 Å². The first-order valence-electron chi connectivity index (χ1n) is 10.0. The van der Waals surface area contributed by atoms with Crippen molar-refractivity contribution in [2.24, 2.45) is 0 Å². The van der Waals surface area contributed by atoms with Gasteiger partial charge < -0.3 is 10.1 Å².